The number of carboxylic acid groups (broad SMARTS) is 1. The maximum atomic E-state index is 11.2. The van der Waals surface area contributed by atoms with E-state index in [2.05, 4.69) is 56.2 Å². The molecular formula is C19H19N7O2. The fraction of sp³-hybridized carbons (Fsp3) is 0.316. The largest absolute Gasteiger partial charge is 0.475 e. The van der Waals surface area contributed by atoms with E-state index < -0.39 is 5.97 Å². The average Bonchev–Trinajstić information content (AvgIpc) is 3.31. The summed E-state index contributed by atoms with van der Waals surface area (Å²) >= 11 is 0. The molecule has 0 aliphatic carbocycles. The number of anilines is 1. The smallest absolute Gasteiger partial charge is 0.375 e. The zero-order valence-electron chi connectivity index (χ0n) is 15.4. The van der Waals surface area contributed by atoms with E-state index in [0.717, 1.165) is 25.2 Å². The molecule has 3 heterocycles. The van der Waals surface area contributed by atoms with Crippen LogP contribution in [-0.2, 0) is 12.0 Å². The van der Waals surface area contributed by atoms with E-state index in [1.165, 1.54) is 10.1 Å². The average molecular weight is 377 g/mol. The number of aromatic nitrogens is 3. The Kier molecular flexibility index (Phi) is 4.37. The van der Waals surface area contributed by atoms with Crippen LogP contribution in [0.3, 0.4) is 0 Å². The Balaban J connectivity index is 1.72. The van der Waals surface area contributed by atoms with Gasteiger partial charge in [0.2, 0.25) is 0 Å². The predicted molar refractivity (Wildman–Crippen MR) is 103 cm³/mol. The Morgan fingerprint density at radius 1 is 1.39 bits per heavy atom. The lowest BCUT2D eigenvalue weighted by Gasteiger charge is -2.26. The second kappa shape index (κ2) is 6.86. The van der Waals surface area contributed by atoms with E-state index in [9.17, 15) is 9.90 Å². The Bertz CT molecular complexity index is 1090. The van der Waals surface area contributed by atoms with Gasteiger partial charge in [0.05, 0.1) is 18.4 Å². The van der Waals surface area contributed by atoms with Gasteiger partial charge in [0, 0.05) is 29.0 Å². The first-order valence-electron chi connectivity index (χ1n) is 8.94. The van der Waals surface area contributed by atoms with Gasteiger partial charge >= 0.3 is 5.97 Å². The zero-order chi connectivity index (χ0) is 19.7. The van der Waals surface area contributed by atoms with Crippen LogP contribution in [0.2, 0.25) is 0 Å². The highest BCUT2D eigenvalue weighted by atomic mass is 16.4. The zero-order valence-corrected chi connectivity index (χ0v) is 15.4. The molecule has 0 spiro atoms. The third-order valence-corrected chi connectivity index (χ3v) is 5.30. The van der Waals surface area contributed by atoms with Crippen molar-refractivity contribution in [3.8, 4) is 0 Å². The van der Waals surface area contributed by atoms with Crippen molar-refractivity contribution in [1.82, 2.24) is 14.6 Å². The number of hydrogen-bond donors (Lipinski definition) is 1. The van der Waals surface area contributed by atoms with Crippen LogP contribution in [0.15, 0.2) is 47.7 Å². The number of carbonyl (C=O) groups is 1. The van der Waals surface area contributed by atoms with E-state index in [1.807, 2.05) is 12.1 Å². The summed E-state index contributed by atoms with van der Waals surface area (Å²) in [5.41, 5.74) is 11.9. The molecule has 1 aliphatic heterocycles. The first kappa shape index (κ1) is 17.8. The SMILES string of the molecule is C[C@]1(c2ccccc2)CCN(c2cc(CN=[N+]=[N-])c3nc(C(=O)O)nn3c2)C1. The second-order valence-corrected chi connectivity index (χ2v) is 7.22. The molecular weight excluding hydrogens is 358 g/mol. The van der Waals surface area contributed by atoms with E-state index >= 15 is 0 Å². The molecule has 9 nitrogen and oxygen atoms in total. The van der Waals surface area contributed by atoms with Crippen LogP contribution in [0.25, 0.3) is 16.1 Å². The normalized spacial score (nSPS) is 19.0. The van der Waals surface area contributed by atoms with Crippen molar-refractivity contribution >= 4 is 17.3 Å². The Labute approximate surface area is 160 Å². The molecule has 0 unspecified atom stereocenters. The topological polar surface area (TPSA) is 119 Å². The summed E-state index contributed by atoms with van der Waals surface area (Å²) in [5.74, 6) is -1.48. The maximum absolute atomic E-state index is 11.2. The number of carboxylic acids is 1. The maximum Gasteiger partial charge on any atom is 0.375 e. The van der Waals surface area contributed by atoms with Gasteiger partial charge in [-0.25, -0.2) is 14.3 Å². The minimum atomic E-state index is -1.20. The van der Waals surface area contributed by atoms with Crippen LogP contribution >= 0.6 is 0 Å². The standard InChI is InChI=1S/C19H19N7O2/c1-19(14-5-3-2-4-6-14)7-8-25(12-19)15-9-13(10-21-24-20)17-22-16(18(27)28)23-26(17)11-15/h2-6,9,11H,7-8,10,12H2,1H3,(H,27,28)/t19-/m0/s1. The molecule has 1 aliphatic rings. The second-order valence-electron chi connectivity index (χ2n) is 7.22. The summed E-state index contributed by atoms with van der Waals surface area (Å²) in [4.78, 5) is 20.4. The van der Waals surface area contributed by atoms with Crippen molar-refractivity contribution in [3.05, 3.63) is 70.0 Å². The van der Waals surface area contributed by atoms with Gasteiger partial charge in [-0.1, -0.05) is 42.4 Å². The number of fused-ring (bicyclic) bond motifs is 1. The molecule has 3 aromatic rings. The van der Waals surface area contributed by atoms with E-state index in [4.69, 9.17) is 5.53 Å². The first-order chi connectivity index (χ1) is 13.5. The number of hydrogen-bond acceptors (Lipinski definition) is 5. The summed E-state index contributed by atoms with van der Waals surface area (Å²) in [5, 5.41) is 16.9. The van der Waals surface area contributed by atoms with Crippen molar-refractivity contribution < 1.29 is 9.90 Å². The highest BCUT2D eigenvalue weighted by Crippen LogP contribution is 2.36. The van der Waals surface area contributed by atoms with Crippen LogP contribution in [0, 0.1) is 0 Å². The minimum absolute atomic E-state index is 0.0236. The minimum Gasteiger partial charge on any atom is -0.475 e. The highest BCUT2D eigenvalue weighted by Gasteiger charge is 2.35. The van der Waals surface area contributed by atoms with Gasteiger partial charge in [-0.15, -0.1) is 5.10 Å². The van der Waals surface area contributed by atoms with Crippen LogP contribution < -0.4 is 4.90 Å². The summed E-state index contributed by atoms with van der Waals surface area (Å²) in [7, 11) is 0. The molecule has 1 N–H and O–H groups in total. The highest BCUT2D eigenvalue weighted by molar-refractivity contribution is 5.84. The summed E-state index contributed by atoms with van der Waals surface area (Å²) in [6.45, 7) is 4.01. The number of benzene rings is 1. The van der Waals surface area contributed by atoms with Crippen molar-refractivity contribution in [2.45, 2.75) is 25.3 Å². The predicted octanol–water partition coefficient (Wildman–Crippen LogP) is 3.41. The van der Waals surface area contributed by atoms with Gasteiger partial charge in [-0.05, 0) is 23.6 Å². The summed E-state index contributed by atoms with van der Waals surface area (Å²) in [6.07, 6.45) is 2.78. The third kappa shape index (κ3) is 3.12. The number of pyridine rings is 1. The molecule has 1 fully saturated rings. The molecule has 0 bridgehead atoms. The molecule has 1 aromatic carbocycles. The van der Waals surface area contributed by atoms with Crippen molar-refractivity contribution in [2.75, 3.05) is 18.0 Å². The van der Waals surface area contributed by atoms with Crippen molar-refractivity contribution in [3.63, 3.8) is 0 Å². The molecule has 4 rings (SSSR count). The van der Waals surface area contributed by atoms with Gasteiger partial charge in [-0.2, -0.15) is 0 Å². The Morgan fingerprint density at radius 3 is 2.89 bits per heavy atom. The molecule has 2 aromatic heterocycles. The van der Waals surface area contributed by atoms with Crippen LogP contribution in [0.5, 0.6) is 0 Å². The van der Waals surface area contributed by atoms with Gasteiger partial charge in [0.15, 0.2) is 5.65 Å². The molecule has 1 saturated heterocycles. The lowest BCUT2D eigenvalue weighted by molar-refractivity contribution is 0.0684. The number of nitrogens with zero attached hydrogens (tertiary/aromatic N) is 7. The lowest BCUT2D eigenvalue weighted by Crippen LogP contribution is -2.28. The third-order valence-electron chi connectivity index (χ3n) is 5.30. The molecule has 9 heteroatoms. The van der Waals surface area contributed by atoms with Gasteiger partial charge in [-0.3, -0.25) is 0 Å². The van der Waals surface area contributed by atoms with Crippen LogP contribution in [-0.4, -0.2) is 38.8 Å². The van der Waals surface area contributed by atoms with Crippen molar-refractivity contribution in [2.24, 2.45) is 5.11 Å². The number of rotatable bonds is 5. The number of azide groups is 1. The summed E-state index contributed by atoms with van der Waals surface area (Å²) < 4.78 is 1.46. The van der Waals surface area contributed by atoms with E-state index in [1.54, 1.807) is 6.20 Å². The quantitative estimate of drug-likeness (QED) is 0.415. The van der Waals surface area contributed by atoms with Gasteiger partial charge in [0.1, 0.15) is 0 Å². The fourth-order valence-electron chi connectivity index (χ4n) is 3.78. The number of aromatic carboxylic acids is 1. The van der Waals surface area contributed by atoms with Crippen molar-refractivity contribution in [1.29, 1.82) is 0 Å². The molecule has 0 radical (unpaired) electrons. The van der Waals surface area contributed by atoms with Crippen LogP contribution in [0.4, 0.5) is 5.69 Å². The fourth-order valence-corrected chi connectivity index (χ4v) is 3.78. The van der Waals surface area contributed by atoms with E-state index in [-0.39, 0.29) is 17.8 Å². The molecule has 1 atom stereocenters. The van der Waals surface area contributed by atoms with Gasteiger partial charge < -0.3 is 10.0 Å². The monoisotopic (exact) mass is 377 g/mol. The molecule has 0 amide bonds. The molecule has 0 saturated carbocycles. The Hall–Kier alpha value is -3.58. The van der Waals surface area contributed by atoms with Crippen LogP contribution in [0.1, 0.15) is 35.1 Å². The molecule has 28 heavy (non-hydrogen) atoms. The van der Waals surface area contributed by atoms with E-state index in [0.29, 0.717) is 11.2 Å². The Morgan fingerprint density at radius 2 is 2.18 bits per heavy atom. The summed E-state index contributed by atoms with van der Waals surface area (Å²) in [6, 6.07) is 12.3. The van der Waals surface area contributed by atoms with Gasteiger partial charge in [0.25, 0.3) is 5.82 Å². The molecule has 142 valence electrons. The first-order valence-corrected chi connectivity index (χ1v) is 8.94. The lowest BCUT2D eigenvalue weighted by atomic mass is 9.82.